The molecule has 6 heteroatoms. The molecular formula is C14H11F3N2O. The van der Waals surface area contributed by atoms with E-state index in [0.29, 0.717) is 11.6 Å². The van der Waals surface area contributed by atoms with Crippen LogP contribution in [0.3, 0.4) is 0 Å². The summed E-state index contributed by atoms with van der Waals surface area (Å²) < 4.78 is 39.1. The molecule has 0 aliphatic rings. The molecule has 2 aromatic carbocycles. The number of carbonyl (C=O) groups excluding carboxylic acids is 1. The first-order valence-electron chi connectivity index (χ1n) is 5.74. The third-order valence-electron chi connectivity index (χ3n) is 2.73. The van der Waals surface area contributed by atoms with Crippen LogP contribution in [0.25, 0.3) is 0 Å². The molecule has 0 fully saturated rings. The summed E-state index contributed by atoms with van der Waals surface area (Å²) in [6.07, 6.45) is 0. The van der Waals surface area contributed by atoms with Crippen molar-refractivity contribution in [2.24, 2.45) is 5.73 Å². The summed E-state index contributed by atoms with van der Waals surface area (Å²) in [4.78, 5) is 10.9. The SMILES string of the molecule is NC(=O)c1ccc(CNc2cc(F)c(F)cc2F)cc1. The first-order chi connectivity index (χ1) is 9.47. The van der Waals surface area contributed by atoms with Gasteiger partial charge in [0.1, 0.15) is 5.82 Å². The summed E-state index contributed by atoms with van der Waals surface area (Å²) in [5, 5.41) is 2.65. The lowest BCUT2D eigenvalue weighted by atomic mass is 10.1. The summed E-state index contributed by atoms with van der Waals surface area (Å²) >= 11 is 0. The zero-order valence-electron chi connectivity index (χ0n) is 10.3. The minimum Gasteiger partial charge on any atom is -0.379 e. The first-order valence-corrected chi connectivity index (χ1v) is 5.74. The molecule has 0 saturated carbocycles. The van der Waals surface area contributed by atoms with Crippen LogP contribution in [0.15, 0.2) is 36.4 Å². The molecule has 0 atom stereocenters. The number of carbonyl (C=O) groups is 1. The second-order valence-electron chi connectivity index (χ2n) is 4.16. The van der Waals surface area contributed by atoms with Gasteiger partial charge in [0, 0.05) is 24.2 Å². The lowest BCUT2D eigenvalue weighted by Gasteiger charge is -2.08. The number of halogens is 3. The van der Waals surface area contributed by atoms with Gasteiger partial charge in [-0.25, -0.2) is 13.2 Å². The van der Waals surface area contributed by atoms with E-state index in [2.05, 4.69) is 5.32 Å². The van der Waals surface area contributed by atoms with Crippen molar-refractivity contribution >= 4 is 11.6 Å². The van der Waals surface area contributed by atoms with E-state index < -0.39 is 23.4 Å². The largest absolute Gasteiger partial charge is 0.379 e. The number of nitrogens with one attached hydrogen (secondary N) is 1. The number of amides is 1. The molecule has 3 nitrogen and oxygen atoms in total. The standard InChI is InChI=1S/C14H11F3N2O/c15-10-5-12(17)13(6-11(10)16)19-7-8-1-3-9(4-2-8)14(18)20/h1-6,19H,7H2,(H2,18,20). The lowest BCUT2D eigenvalue weighted by molar-refractivity contribution is 0.100. The quantitative estimate of drug-likeness (QED) is 0.846. The zero-order chi connectivity index (χ0) is 14.7. The number of anilines is 1. The van der Waals surface area contributed by atoms with Crippen molar-refractivity contribution in [2.75, 3.05) is 5.32 Å². The average molecular weight is 280 g/mol. The van der Waals surface area contributed by atoms with Crippen LogP contribution in [0, 0.1) is 17.5 Å². The molecule has 0 bridgehead atoms. The van der Waals surface area contributed by atoms with Gasteiger partial charge in [-0.2, -0.15) is 0 Å². The van der Waals surface area contributed by atoms with E-state index in [1.165, 1.54) is 12.1 Å². The average Bonchev–Trinajstić information content (AvgIpc) is 2.42. The van der Waals surface area contributed by atoms with E-state index in [0.717, 1.165) is 11.6 Å². The maximum atomic E-state index is 13.4. The summed E-state index contributed by atoms with van der Waals surface area (Å²) in [7, 11) is 0. The van der Waals surface area contributed by atoms with Crippen LogP contribution in [0.5, 0.6) is 0 Å². The van der Waals surface area contributed by atoms with E-state index in [1.54, 1.807) is 12.1 Å². The van der Waals surface area contributed by atoms with Crippen LogP contribution >= 0.6 is 0 Å². The van der Waals surface area contributed by atoms with Gasteiger partial charge in [-0.05, 0) is 17.7 Å². The summed E-state index contributed by atoms with van der Waals surface area (Å²) in [5.41, 5.74) is 6.05. The van der Waals surface area contributed by atoms with Crippen molar-refractivity contribution in [1.82, 2.24) is 0 Å². The normalized spacial score (nSPS) is 10.3. The van der Waals surface area contributed by atoms with Crippen molar-refractivity contribution in [3.8, 4) is 0 Å². The van der Waals surface area contributed by atoms with Gasteiger partial charge < -0.3 is 11.1 Å². The monoisotopic (exact) mass is 280 g/mol. The highest BCUT2D eigenvalue weighted by molar-refractivity contribution is 5.92. The van der Waals surface area contributed by atoms with Crippen molar-refractivity contribution in [1.29, 1.82) is 0 Å². The maximum absolute atomic E-state index is 13.4. The zero-order valence-corrected chi connectivity index (χ0v) is 10.3. The third kappa shape index (κ3) is 3.09. The van der Waals surface area contributed by atoms with Crippen LogP contribution < -0.4 is 11.1 Å². The maximum Gasteiger partial charge on any atom is 0.248 e. The molecule has 0 heterocycles. The molecule has 2 aromatic rings. The first kappa shape index (κ1) is 13.9. The van der Waals surface area contributed by atoms with Crippen LogP contribution in [0.1, 0.15) is 15.9 Å². The number of hydrogen-bond acceptors (Lipinski definition) is 2. The molecule has 0 aliphatic heterocycles. The van der Waals surface area contributed by atoms with Gasteiger partial charge >= 0.3 is 0 Å². The third-order valence-corrected chi connectivity index (χ3v) is 2.73. The van der Waals surface area contributed by atoms with Crippen LogP contribution in [-0.4, -0.2) is 5.91 Å². The molecule has 3 N–H and O–H groups in total. The summed E-state index contributed by atoms with van der Waals surface area (Å²) in [6.45, 7) is 0.195. The van der Waals surface area contributed by atoms with Crippen LogP contribution in [-0.2, 0) is 6.54 Å². The van der Waals surface area contributed by atoms with Crippen molar-refractivity contribution in [3.05, 3.63) is 65.0 Å². The van der Waals surface area contributed by atoms with E-state index in [-0.39, 0.29) is 12.2 Å². The molecule has 0 aliphatic carbocycles. The minimum absolute atomic E-state index is 0.136. The molecule has 0 spiro atoms. The smallest absolute Gasteiger partial charge is 0.248 e. The molecule has 1 amide bonds. The molecule has 0 unspecified atom stereocenters. The lowest BCUT2D eigenvalue weighted by Crippen LogP contribution is -2.11. The van der Waals surface area contributed by atoms with Gasteiger partial charge in [-0.15, -0.1) is 0 Å². The number of nitrogens with two attached hydrogens (primary N) is 1. The van der Waals surface area contributed by atoms with Crippen molar-refractivity contribution in [3.63, 3.8) is 0 Å². The molecule has 0 aromatic heterocycles. The molecule has 104 valence electrons. The second kappa shape index (κ2) is 5.64. The predicted octanol–water partition coefficient (Wildman–Crippen LogP) is 2.81. The van der Waals surface area contributed by atoms with E-state index in [4.69, 9.17) is 5.73 Å². The second-order valence-corrected chi connectivity index (χ2v) is 4.16. The Morgan fingerprint density at radius 3 is 2.20 bits per heavy atom. The Morgan fingerprint density at radius 1 is 1.00 bits per heavy atom. The highest BCUT2D eigenvalue weighted by atomic mass is 19.2. The fraction of sp³-hybridized carbons (Fsp3) is 0.0714. The Bertz CT molecular complexity index is 642. The fourth-order valence-electron chi connectivity index (χ4n) is 1.64. The Balaban J connectivity index is 2.09. The van der Waals surface area contributed by atoms with Gasteiger partial charge in [0.25, 0.3) is 0 Å². The van der Waals surface area contributed by atoms with Gasteiger partial charge in [-0.1, -0.05) is 12.1 Å². The Kier molecular flexibility index (Phi) is 3.93. The summed E-state index contributed by atoms with van der Waals surface area (Å²) in [6, 6.07) is 7.55. The van der Waals surface area contributed by atoms with Crippen LogP contribution in [0.4, 0.5) is 18.9 Å². The minimum atomic E-state index is -1.24. The Hall–Kier alpha value is -2.50. The number of benzene rings is 2. The number of hydrogen-bond donors (Lipinski definition) is 2. The molecular weight excluding hydrogens is 269 g/mol. The Morgan fingerprint density at radius 2 is 1.60 bits per heavy atom. The molecule has 0 saturated heterocycles. The number of rotatable bonds is 4. The van der Waals surface area contributed by atoms with Gasteiger partial charge in [0.15, 0.2) is 11.6 Å². The highest BCUT2D eigenvalue weighted by Crippen LogP contribution is 2.19. The van der Waals surface area contributed by atoms with Crippen molar-refractivity contribution < 1.29 is 18.0 Å². The van der Waals surface area contributed by atoms with Gasteiger partial charge in [-0.3, -0.25) is 4.79 Å². The van der Waals surface area contributed by atoms with Gasteiger partial charge in [0.05, 0.1) is 5.69 Å². The van der Waals surface area contributed by atoms with E-state index >= 15 is 0 Å². The van der Waals surface area contributed by atoms with Gasteiger partial charge in [0.2, 0.25) is 5.91 Å². The predicted molar refractivity (Wildman–Crippen MR) is 68.6 cm³/mol. The van der Waals surface area contributed by atoms with Crippen molar-refractivity contribution in [2.45, 2.75) is 6.54 Å². The van der Waals surface area contributed by atoms with Crippen LogP contribution in [0.2, 0.25) is 0 Å². The number of primary amides is 1. The molecule has 0 radical (unpaired) electrons. The molecule has 2 rings (SSSR count). The summed E-state index contributed by atoms with van der Waals surface area (Å²) in [5.74, 6) is -3.79. The van der Waals surface area contributed by atoms with E-state index in [1.807, 2.05) is 0 Å². The topological polar surface area (TPSA) is 55.1 Å². The molecule has 20 heavy (non-hydrogen) atoms. The Labute approximate surface area is 113 Å². The highest BCUT2D eigenvalue weighted by Gasteiger charge is 2.09. The fourth-order valence-corrected chi connectivity index (χ4v) is 1.64. The van der Waals surface area contributed by atoms with E-state index in [9.17, 15) is 18.0 Å².